The molecular formula is C17H19FN4O3. The van der Waals surface area contributed by atoms with Crippen LogP contribution in [0.2, 0.25) is 0 Å². The third kappa shape index (κ3) is 3.62. The summed E-state index contributed by atoms with van der Waals surface area (Å²) < 4.78 is 22.7. The summed E-state index contributed by atoms with van der Waals surface area (Å²) in [6.07, 6.45) is 1.13. The van der Waals surface area contributed by atoms with Crippen LogP contribution in [0.15, 0.2) is 22.7 Å². The number of nitrogens with zero attached hydrogens (tertiary/aromatic N) is 2. The quantitative estimate of drug-likeness (QED) is 0.638. The molecular weight excluding hydrogens is 327 g/mol. The molecule has 0 fully saturated rings. The van der Waals surface area contributed by atoms with E-state index in [0.717, 1.165) is 10.9 Å². The van der Waals surface area contributed by atoms with Gasteiger partial charge in [0.15, 0.2) is 5.82 Å². The van der Waals surface area contributed by atoms with Gasteiger partial charge in [-0.1, -0.05) is 5.16 Å². The number of halogens is 1. The molecule has 132 valence electrons. The van der Waals surface area contributed by atoms with E-state index in [2.05, 4.69) is 20.7 Å². The summed E-state index contributed by atoms with van der Waals surface area (Å²) in [5.74, 6) is 1.15. The number of aromatic amines is 1. The number of carbonyl (C=O) groups excluding carboxylic acids is 1. The Labute approximate surface area is 143 Å². The number of rotatable bonds is 7. The summed E-state index contributed by atoms with van der Waals surface area (Å²) in [6.45, 7) is 3.48. The predicted molar refractivity (Wildman–Crippen MR) is 90.7 cm³/mol. The first kappa shape index (κ1) is 16.9. The van der Waals surface area contributed by atoms with E-state index in [4.69, 9.17) is 9.26 Å². The van der Waals surface area contributed by atoms with Crippen LogP contribution in [0.1, 0.15) is 34.7 Å². The highest BCUT2D eigenvalue weighted by Gasteiger charge is 2.19. The molecule has 25 heavy (non-hydrogen) atoms. The molecule has 3 aromatic rings. The Balaban J connectivity index is 1.78. The molecule has 1 amide bonds. The van der Waals surface area contributed by atoms with Gasteiger partial charge in [-0.05, 0) is 44.9 Å². The zero-order valence-corrected chi connectivity index (χ0v) is 14.1. The normalized spacial score (nSPS) is 11.0. The first-order chi connectivity index (χ1) is 12.1. The van der Waals surface area contributed by atoms with E-state index in [0.29, 0.717) is 48.0 Å². The molecule has 8 heteroatoms. The molecule has 0 unspecified atom stereocenters. The van der Waals surface area contributed by atoms with Crippen molar-refractivity contribution in [3.63, 3.8) is 0 Å². The molecule has 3 rings (SSSR count). The fraction of sp³-hybridized carbons (Fsp3) is 0.353. The summed E-state index contributed by atoms with van der Waals surface area (Å²) in [5.41, 5.74) is 1.69. The molecule has 2 heterocycles. The van der Waals surface area contributed by atoms with Gasteiger partial charge in [-0.25, -0.2) is 0 Å². The van der Waals surface area contributed by atoms with E-state index in [1.165, 1.54) is 0 Å². The molecule has 0 aliphatic heterocycles. The van der Waals surface area contributed by atoms with Crippen molar-refractivity contribution in [2.75, 3.05) is 18.6 Å². The van der Waals surface area contributed by atoms with E-state index >= 15 is 0 Å². The number of nitrogens with one attached hydrogen (secondary N) is 2. The first-order valence-corrected chi connectivity index (χ1v) is 8.01. The zero-order chi connectivity index (χ0) is 17.8. The first-order valence-electron chi connectivity index (χ1n) is 8.01. The van der Waals surface area contributed by atoms with Crippen LogP contribution in [0.3, 0.4) is 0 Å². The van der Waals surface area contributed by atoms with Gasteiger partial charge in [0.05, 0.1) is 24.5 Å². The van der Waals surface area contributed by atoms with Gasteiger partial charge in [-0.15, -0.1) is 0 Å². The molecule has 0 spiro atoms. The Kier molecular flexibility index (Phi) is 4.97. The maximum Gasteiger partial charge on any atom is 0.262 e. The summed E-state index contributed by atoms with van der Waals surface area (Å²) in [5, 5.41) is 14.3. The number of ether oxygens (including phenoxy) is 1. The zero-order valence-electron chi connectivity index (χ0n) is 14.1. The number of unbranched alkanes of at least 4 members (excludes halogenated alkanes) is 1. The van der Waals surface area contributed by atoms with E-state index in [9.17, 15) is 9.18 Å². The SMILES string of the molecule is Cc1noc(C)c1C(=O)Nc1n[nH]c2ccc(OCCCCF)cc12. The lowest BCUT2D eigenvalue weighted by Gasteiger charge is -2.06. The van der Waals surface area contributed by atoms with Crippen LogP contribution < -0.4 is 10.1 Å². The molecule has 0 radical (unpaired) electrons. The molecule has 7 nitrogen and oxygen atoms in total. The highest BCUT2D eigenvalue weighted by molar-refractivity contribution is 6.09. The van der Waals surface area contributed by atoms with Crippen molar-refractivity contribution in [3.05, 3.63) is 35.2 Å². The number of fused-ring (bicyclic) bond motifs is 1. The summed E-state index contributed by atoms with van der Waals surface area (Å²) in [7, 11) is 0. The smallest absolute Gasteiger partial charge is 0.262 e. The molecule has 0 aliphatic carbocycles. The van der Waals surface area contributed by atoms with Gasteiger partial charge in [-0.2, -0.15) is 5.10 Å². The molecule has 0 aliphatic rings. The Hall–Kier alpha value is -2.90. The maximum atomic E-state index is 12.5. The van der Waals surface area contributed by atoms with Gasteiger partial charge in [0.2, 0.25) is 0 Å². The second-order valence-corrected chi connectivity index (χ2v) is 5.68. The van der Waals surface area contributed by atoms with Crippen molar-refractivity contribution in [2.24, 2.45) is 0 Å². The minimum Gasteiger partial charge on any atom is -0.494 e. The number of hydrogen-bond donors (Lipinski definition) is 2. The lowest BCUT2D eigenvalue weighted by molar-refractivity contribution is 0.102. The van der Waals surface area contributed by atoms with Gasteiger partial charge in [0.1, 0.15) is 17.1 Å². The highest BCUT2D eigenvalue weighted by Crippen LogP contribution is 2.26. The lowest BCUT2D eigenvalue weighted by Crippen LogP contribution is -2.14. The van der Waals surface area contributed by atoms with Gasteiger partial charge in [0.25, 0.3) is 5.91 Å². The van der Waals surface area contributed by atoms with Crippen LogP contribution in [0, 0.1) is 13.8 Å². The minimum atomic E-state index is -0.345. The molecule has 2 aromatic heterocycles. The van der Waals surface area contributed by atoms with Crippen LogP contribution in [0.5, 0.6) is 5.75 Å². The Morgan fingerprint density at radius 2 is 2.20 bits per heavy atom. The van der Waals surface area contributed by atoms with Crippen molar-refractivity contribution in [1.29, 1.82) is 0 Å². The number of aryl methyl sites for hydroxylation is 2. The van der Waals surface area contributed by atoms with E-state index < -0.39 is 0 Å². The van der Waals surface area contributed by atoms with E-state index in [1.54, 1.807) is 26.0 Å². The molecule has 1 aromatic carbocycles. The van der Waals surface area contributed by atoms with Crippen molar-refractivity contribution >= 4 is 22.6 Å². The average Bonchev–Trinajstić information content (AvgIpc) is 3.15. The van der Waals surface area contributed by atoms with Crippen molar-refractivity contribution < 1.29 is 18.4 Å². The maximum absolute atomic E-state index is 12.5. The van der Waals surface area contributed by atoms with Crippen LogP contribution in [0.25, 0.3) is 10.9 Å². The molecule has 2 N–H and O–H groups in total. The van der Waals surface area contributed by atoms with Gasteiger partial charge in [0, 0.05) is 5.39 Å². The standard InChI is InChI=1S/C17H19FN4O3/c1-10-15(11(2)25-22-10)17(23)19-16-13-9-12(24-8-4-3-7-18)5-6-14(13)20-21-16/h5-6,9H,3-4,7-8H2,1-2H3,(H2,19,20,21,23). The number of hydrogen-bond acceptors (Lipinski definition) is 5. The van der Waals surface area contributed by atoms with Gasteiger partial charge in [-0.3, -0.25) is 14.3 Å². The number of anilines is 1. The third-order valence-electron chi connectivity index (χ3n) is 3.82. The number of amides is 1. The summed E-state index contributed by atoms with van der Waals surface area (Å²) >= 11 is 0. The van der Waals surface area contributed by atoms with Crippen LogP contribution in [-0.4, -0.2) is 34.5 Å². The highest BCUT2D eigenvalue weighted by atomic mass is 19.1. The second-order valence-electron chi connectivity index (χ2n) is 5.68. The van der Waals surface area contributed by atoms with Crippen LogP contribution >= 0.6 is 0 Å². The Morgan fingerprint density at radius 1 is 1.36 bits per heavy atom. The predicted octanol–water partition coefficient (Wildman–Crippen LogP) is 3.55. The fourth-order valence-electron chi connectivity index (χ4n) is 2.54. The molecule has 0 saturated carbocycles. The van der Waals surface area contributed by atoms with Crippen molar-refractivity contribution in [3.8, 4) is 5.75 Å². The molecule has 0 bridgehead atoms. The Morgan fingerprint density at radius 3 is 2.92 bits per heavy atom. The number of H-pyrrole nitrogens is 1. The number of carbonyl (C=O) groups is 1. The number of alkyl halides is 1. The average molecular weight is 346 g/mol. The fourth-order valence-corrected chi connectivity index (χ4v) is 2.54. The van der Waals surface area contributed by atoms with Crippen molar-refractivity contribution in [2.45, 2.75) is 26.7 Å². The van der Waals surface area contributed by atoms with Crippen LogP contribution in [0.4, 0.5) is 10.2 Å². The largest absolute Gasteiger partial charge is 0.494 e. The topological polar surface area (TPSA) is 93.0 Å². The monoisotopic (exact) mass is 346 g/mol. The van der Waals surface area contributed by atoms with E-state index in [1.807, 2.05) is 6.07 Å². The number of aromatic nitrogens is 3. The van der Waals surface area contributed by atoms with Crippen molar-refractivity contribution in [1.82, 2.24) is 15.4 Å². The summed E-state index contributed by atoms with van der Waals surface area (Å²) in [6, 6.07) is 5.41. The molecule has 0 atom stereocenters. The Bertz CT molecular complexity index is 868. The second kappa shape index (κ2) is 7.33. The summed E-state index contributed by atoms with van der Waals surface area (Å²) in [4.78, 5) is 12.5. The lowest BCUT2D eigenvalue weighted by atomic mass is 10.2. The van der Waals surface area contributed by atoms with Gasteiger partial charge < -0.3 is 14.6 Å². The van der Waals surface area contributed by atoms with Crippen LogP contribution in [-0.2, 0) is 0 Å². The number of benzene rings is 1. The third-order valence-corrected chi connectivity index (χ3v) is 3.82. The van der Waals surface area contributed by atoms with E-state index in [-0.39, 0.29) is 12.6 Å². The molecule has 0 saturated heterocycles. The van der Waals surface area contributed by atoms with Gasteiger partial charge >= 0.3 is 0 Å². The minimum absolute atomic E-state index is 0.334.